The molecule has 1 aliphatic carbocycles. The molecule has 10 heteroatoms. The maximum atomic E-state index is 14.6. The third kappa shape index (κ3) is 6.35. The van der Waals surface area contributed by atoms with Gasteiger partial charge in [-0.3, -0.25) is 4.79 Å². The first-order chi connectivity index (χ1) is 22.3. The number of nitrogens with two attached hydrogens (primary N) is 1. The Morgan fingerprint density at radius 3 is 2.57 bits per heavy atom. The highest BCUT2D eigenvalue weighted by Gasteiger charge is 2.47. The largest absolute Gasteiger partial charge is 0.485 e. The summed E-state index contributed by atoms with van der Waals surface area (Å²) >= 11 is 0. The molecule has 1 aromatic heterocycles. The molecule has 0 radical (unpaired) electrons. The molecule has 1 aliphatic heterocycles. The van der Waals surface area contributed by atoms with Gasteiger partial charge in [0, 0.05) is 61.9 Å². The lowest BCUT2D eigenvalue weighted by atomic mass is 9.73. The Hall–Kier alpha value is -4.70. The number of amides is 1. The Balaban J connectivity index is 1.33. The molecule has 2 heterocycles. The molecule has 2 aliphatic rings. The Labute approximate surface area is 267 Å². The topological polar surface area (TPSA) is 113 Å². The number of likely N-dealkylation sites (tertiary alicyclic amines) is 1. The number of rotatable bonds is 9. The summed E-state index contributed by atoms with van der Waals surface area (Å²) in [6.45, 7) is 1.84. The highest BCUT2D eigenvalue weighted by molar-refractivity contribution is 5.94. The normalized spacial score (nSPS) is 16.8. The summed E-state index contributed by atoms with van der Waals surface area (Å²) in [5, 5.41) is 1.88. The number of nitrogens with zero attached hydrogens (tertiary/aromatic N) is 2. The van der Waals surface area contributed by atoms with E-state index in [1.165, 1.54) is 19.2 Å². The van der Waals surface area contributed by atoms with E-state index in [2.05, 4.69) is 29.2 Å². The van der Waals surface area contributed by atoms with Gasteiger partial charge < -0.3 is 29.6 Å². The standard InChI is InChI=1S/C36H38FN3O6/c1-43-16-3-17-45-33(41)20-26-6-8-27(37)21-31(26)46-32-22-36(11-14-40(15-12-36)35(42)44-2)30-9-7-25(19-29(30)32)24-5-4-23-10-13-39-34(38)28(23)18-24/h4-10,13,18-19,21,32H,3,11-12,14-17,20,22H2,1-2H3,(H2,38,39). The van der Waals surface area contributed by atoms with Crippen LogP contribution in [0.25, 0.3) is 21.9 Å². The number of ether oxygens (including phenoxy) is 4. The Kier molecular flexibility index (Phi) is 9.08. The molecule has 0 saturated carbocycles. The van der Waals surface area contributed by atoms with E-state index in [-0.39, 0.29) is 24.5 Å². The summed E-state index contributed by atoms with van der Waals surface area (Å²) in [4.78, 5) is 30.9. The molecular formula is C36H38FN3O6. The fourth-order valence-electron chi connectivity index (χ4n) is 6.80. The number of carbonyl (C=O) groups excluding carboxylic acids is 2. The molecule has 1 amide bonds. The SMILES string of the molecule is COCCCOC(=O)Cc1ccc(F)cc1OC1CC2(CCN(C(=O)OC)CC2)c2ccc(-c3ccc4ccnc(N)c4c3)cc21. The number of fused-ring (bicyclic) bond motifs is 3. The van der Waals surface area contributed by atoms with Crippen LogP contribution in [0.1, 0.15) is 48.5 Å². The highest BCUT2D eigenvalue weighted by Crippen LogP contribution is 2.53. The first kappa shape index (κ1) is 31.3. The van der Waals surface area contributed by atoms with Crippen molar-refractivity contribution in [2.45, 2.75) is 43.6 Å². The molecule has 0 bridgehead atoms. The van der Waals surface area contributed by atoms with Gasteiger partial charge in [0.15, 0.2) is 0 Å². The summed E-state index contributed by atoms with van der Waals surface area (Å²) < 4.78 is 36.6. The third-order valence-corrected chi connectivity index (χ3v) is 9.22. The number of anilines is 1. The van der Waals surface area contributed by atoms with E-state index in [1.807, 2.05) is 18.2 Å². The summed E-state index contributed by atoms with van der Waals surface area (Å²) in [6, 6.07) is 18.7. The van der Waals surface area contributed by atoms with Crippen molar-refractivity contribution < 1.29 is 32.9 Å². The average molecular weight is 628 g/mol. The van der Waals surface area contributed by atoms with Crippen LogP contribution >= 0.6 is 0 Å². The first-order valence-corrected chi connectivity index (χ1v) is 15.5. The van der Waals surface area contributed by atoms with Crippen molar-refractivity contribution in [3.8, 4) is 16.9 Å². The molecule has 2 N–H and O–H groups in total. The lowest BCUT2D eigenvalue weighted by Crippen LogP contribution is -2.44. The highest BCUT2D eigenvalue weighted by atomic mass is 19.1. The van der Waals surface area contributed by atoms with Crippen molar-refractivity contribution in [2.24, 2.45) is 0 Å². The predicted octanol–water partition coefficient (Wildman–Crippen LogP) is 6.37. The van der Waals surface area contributed by atoms with Gasteiger partial charge in [0.2, 0.25) is 0 Å². The fourth-order valence-corrected chi connectivity index (χ4v) is 6.80. The molecule has 1 spiro atoms. The van der Waals surface area contributed by atoms with Crippen LogP contribution in [0.5, 0.6) is 5.75 Å². The van der Waals surface area contributed by atoms with Gasteiger partial charge in [-0.15, -0.1) is 0 Å². The molecule has 3 aromatic carbocycles. The molecular weight excluding hydrogens is 589 g/mol. The van der Waals surface area contributed by atoms with Crippen LogP contribution in [0, 0.1) is 5.82 Å². The minimum atomic E-state index is -0.456. The van der Waals surface area contributed by atoms with Crippen molar-refractivity contribution in [2.75, 3.05) is 46.3 Å². The van der Waals surface area contributed by atoms with E-state index in [0.717, 1.165) is 45.9 Å². The van der Waals surface area contributed by atoms with Gasteiger partial charge in [0.25, 0.3) is 0 Å². The second kappa shape index (κ2) is 13.3. The van der Waals surface area contributed by atoms with Crippen LogP contribution in [0.3, 0.4) is 0 Å². The quantitative estimate of drug-likeness (QED) is 0.168. The van der Waals surface area contributed by atoms with Crippen molar-refractivity contribution in [1.82, 2.24) is 9.88 Å². The number of methoxy groups -OCH3 is 2. The zero-order valence-electron chi connectivity index (χ0n) is 26.1. The number of benzene rings is 3. The van der Waals surface area contributed by atoms with Crippen molar-refractivity contribution in [3.63, 3.8) is 0 Å². The van der Waals surface area contributed by atoms with Crippen molar-refractivity contribution in [1.29, 1.82) is 0 Å². The number of halogens is 1. The van der Waals surface area contributed by atoms with Crippen molar-refractivity contribution in [3.05, 3.63) is 89.4 Å². The van der Waals surface area contributed by atoms with Crippen LogP contribution in [0.4, 0.5) is 15.0 Å². The summed E-state index contributed by atoms with van der Waals surface area (Å²) in [6.07, 6.45) is 3.60. The molecule has 1 unspecified atom stereocenters. The Morgan fingerprint density at radius 2 is 1.78 bits per heavy atom. The smallest absolute Gasteiger partial charge is 0.409 e. The summed E-state index contributed by atoms with van der Waals surface area (Å²) in [5.41, 5.74) is 10.6. The number of hydrogen-bond donors (Lipinski definition) is 1. The van der Waals surface area contributed by atoms with Gasteiger partial charge in [0.05, 0.1) is 20.1 Å². The molecule has 4 aromatic rings. The molecule has 9 nitrogen and oxygen atoms in total. The number of hydrogen-bond acceptors (Lipinski definition) is 8. The maximum absolute atomic E-state index is 14.6. The van der Waals surface area contributed by atoms with E-state index < -0.39 is 17.9 Å². The summed E-state index contributed by atoms with van der Waals surface area (Å²) in [7, 11) is 2.99. The second-order valence-electron chi connectivity index (χ2n) is 12.0. The Morgan fingerprint density at radius 1 is 1.00 bits per heavy atom. The molecule has 46 heavy (non-hydrogen) atoms. The molecule has 1 atom stereocenters. The average Bonchev–Trinajstić information content (AvgIpc) is 3.35. The van der Waals surface area contributed by atoms with Gasteiger partial charge in [-0.25, -0.2) is 14.2 Å². The Bertz CT molecular complexity index is 1750. The number of piperidine rings is 1. The van der Waals surface area contributed by atoms with E-state index in [4.69, 9.17) is 24.7 Å². The van der Waals surface area contributed by atoms with Crippen LogP contribution in [0.2, 0.25) is 0 Å². The number of esters is 1. The number of pyridine rings is 1. The molecule has 6 rings (SSSR count). The van der Waals surface area contributed by atoms with Crippen LogP contribution < -0.4 is 10.5 Å². The van der Waals surface area contributed by atoms with E-state index in [0.29, 0.717) is 49.7 Å². The lowest BCUT2D eigenvalue weighted by Gasteiger charge is -2.39. The summed E-state index contributed by atoms with van der Waals surface area (Å²) in [5.74, 6) is -0.0984. The minimum absolute atomic E-state index is 0.0476. The molecule has 1 fully saturated rings. The monoisotopic (exact) mass is 627 g/mol. The van der Waals surface area contributed by atoms with E-state index >= 15 is 0 Å². The van der Waals surface area contributed by atoms with Gasteiger partial charge >= 0.3 is 12.1 Å². The molecule has 240 valence electrons. The van der Waals surface area contributed by atoms with Gasteiger partial charge in [-0.2, -0.15) is 0 Å². The number of nitrogen functional groups attached to an aromatic ring is 1. The fraction of sp³-hybridized carbons (Fsp3) is 0.361. The minimum Gasteiger partial charge on any atom is -0.485 e. The van der Waals surface area contributed by atoms with Crippen molar-refractivity contribution >= 4 is 28.7 Å². The van der Waals surface area contributed by atoms with E-state index in [1.54, 1.807) is 24.3 Å². The van der Waals surface area contributed by atoms with Crippen LogP contribution in [-0.4, -0.2) is 62.5 Å². The van der Waals surface area contributed by atoms with Crippen LogP contribution in [-0.2, 0) is 30.8 Å². The zero-order chi connectivity index (χ0) is 32.3. The lowest BCUT2D eigenvalue weighted by molar-refractivity contribution is -0.143. The second-order valence-corrected chi connectivity index (χ2v) is 12.0. The molecule has 1 saturated heterocycles. The van der Waals surface area contributed by atoms with Gasteiger partial charge in [-0.05, 0) is 71.2 Å². The van der Waals surface area contributed by atoms with E-state index in [9.17, 15) is 14.0 Å². The van der Waals surface area contributed by atoms with Gasteiger partial charge in [-0.1, -0.05) is 30.3 Å². The predicted molar refractivity (Wildman–Crippen MR) is 172 cm³/mol. The number of carbonyl (C=O) groups is 2. The maximum Gasteiger partial charge on any atom is 0.409 e. The van der Waals surface area contributed by atoms with Crippen LogP contribution in [0.15, 0.2) is 66.9 Å². The first-order valence-electron chi connectivity index (χ1n) is 15.5. The zero-order valence-corrected chi connectivity index (χ0v) is 26.1. The number of aromatic nitrogens is 1. The third-order valence-electron chi connectivity index (χ3n) is 9.22. The van der Waals surface area contributed by atoms with Gasteiger partial charge in [0.1, 0.15) is 23.5 Å².